The van der Waals surface area contributed by atoms with Crippen LogP contribution in [0.2, 0.25) is 0 Å². The van der Waals surface area contributed by atoms with E-state index in [-0.39, 0.29) is 29.9 Å². The van der Waals surface area contributed by atoms with Crippen LogP contribution in [0.1, 0.15) is 13.8 Å². The highest BCUT2D eigenvalue weighted by molar-refractivity contribution is 5.87. The molecule has 0 spiro atoms. The lowest BCUT2D eigenvalue weighted by Crippen LogP contribution is -2.64. The lowest BCUT2D eigenvalue weighted by molar-refractivity contribution is -0.149. The standard InChI is InChI=1S/C11H19N3O3/c1-11(2)7-17-4-3-14(11)10(16)8-5-13-9(15)6-12-8/h8,12H,3-7H2,1-2H3,(H,13,15). The summed E-state index contributed by atoms with van der Waals surface area (Å²) in [4.78, 5) is 25.2. The Labute approximate surface area is 101 Å². The molecule has 2 N–H and O–H groups in total. The number of nitrogens with one attached hydrogen (secondary N) is 2. The molecule has 1 unspecified atom stereocenters. The molecule has 0 bridgehead atoms. The van der Waals surface area contributed by atoms with E-state index in [9.17, 15) is 9.59 Å². The van der Waals surface area contributed by atoms with Crippen molar-refractivity contribution in [1.82, 2.24) is 15.5 Å². The van der Waals surface area contributed by atoms with Crippen LogP contribution in [-0.4, -0.2) is 61.1 Å². The predicted molar refractivity (Wildman–Crippen MR) is 61.4 cm³/mol. The third-order valence-corrected chi connectivity index (χ3v) is 3.22. The average Bonchev–Trinajstić information content (AvgIpc) is 2.28. The van der Waals surface area contributed by atoms with Crippen molar-refractivity contribution in [3.63, 3.8) is 0 Å². The summed E-state index contributed by atoms with van der Waals surface area (Å²) >= 11 is 0. The van der Waals surface area contributed by atoms with Crippen molar-refractivity contribution < 1.29 is 14.3 Å². The van der Waals surface area contributed by atoms with Crippen molar-refractivity contribution in [2.45, 2.75) is 25.4 Å². The first-order chi connectivity index (χ1) is 8.00. The Balaban J connectivity index is 2.01. The van der Waals surface area contributed by atoms with E-state index in [1.807, 2.05) is 18.7 Å². The summed E-state index contributed by atoms with van der Waals surface area (Å²) in [5.41, 5.74) is -0.279. The van der Waals surface area contributed by atoms with Gasteiger partial charge in [-0.15, -0.1) is 0 Å². The van der Waals surface area contributed by atoms with E-state index in [2.05, 4.69) is 10.6 Å². The Hall–Kier alpha value is -1.14. The van der Waals surface area contributed by atoms with Crippen molar-refractivity contribution >= 4 is 11.8 Å². The smallest absolute Gasteiger partial charge is 0.242 e. The number of piperazine rings is 1. The third kappa shape index (κ3) is 2.58. The minimum atomic E-state index is -0.315. The Morgan fingerprint density at radius 3 is 2.88 bits per heavy atom. The molecule has 2 amide bonds. The molecule has 2 saturated heterocycles. The van der Waals surface area contributed by atoms with E-state index in [0.717, 1.165) is 0 Å². The monoisotopic (exact) mass is 241 g/mol. The molecule has 0 aromatic carbocycles. The van der Waals surface area contributed by atoms with Gasteiger partial charge in [-0.05, 0) is 13.8 Å². The number of amides is 2. The predicted octanol–water partition coefficient (Wildman–Crippen LogP) is -1.29. The van der Waals surface area contributed by atoms with Crippen LogP contribution in [0.25, 0.3) is 0 Å². The van der Waals surface area contributed by atoms with Gasteiger partial charge in [-0.3, -0.25) is 14.9 Å². The maximum absolute atomic E-state index is 12.3. The molecule has 2 rings (SSSR count). The number of hydrogen-bond acceptors (Lipinski definition) is 4. The molecule has 2 fully saturated rings. The number of carbonyl (C=O) groups excluding carboxylic acids is 2. The van der Waals surface area contributed by atoms with E-state index >= 15 is 0 Å². The van der Waals surface area contributed by atoms with Gasteiger partial charge in [0.2, 0.25) is 11.8 Å². The zero-order chi connectivity index (χ0) is 12.5. The maximum Gasteiger partial charge on any atom is 0.242 e. The fraction of sp³-hybridized carbons (Fsp3) is 0.818. The maximum atomic E-state index is 12.3. The average molecular weight is 241 g/mol. The fourth-order valence-corrected chi connectivity index (χ4v) is 2.20. The van der Waals surface area contributed by atoms with Crippen molar-refractivity contribution in [3.8, 4) is 0 Å². The van der Waals surface area contributed by atoms with Gasteiger partial charge in [0.1, 0.15) is 6.04 Å². The van der Waals surface area contributed by atoms with Gasteiger partial charge in [0.15, 0.2) is 0 Å². The number of hydrogen-bond donors (Lipinski definition) is 2. The lowest BCUT2D eigenvalue weighted by Gasteiger charge is -2.44. The highest BCUT2D eigenvalue weighted by Gasteiger charge is 2.38. The Morgan fingerprint density at radius 2 is 2.29 bits per heavy atom. The Morgan fingerprint density at radius 1 is 1.53 bits per heavy atom. The molecule has 96 valence electrons. The van der Waals surface area contributed by atoms with Crippen LogP contribution in [0.5, 0.6) is 0 Å². The largest absolute Gasteiger partial charge is 0.377 e. The summed E-state index contributed by atoms with van der Waals surface area (Å²) < 4.78 is 5.39. The van der Waals surface area contributed by atoms with Crippen molar-refractivity contribution in [2.75, 3.05) is 32.8 Å². The van der Waals surface area contributed by atoms with Gasteiger partial charge in [0.05, 0.1) is 25.3 Å². The molecule has 0 aliphatic carbocycles. The summed E-state index contributed by atoms with van der Waals surface area (Å²) in [5.74, 6) is -0.0198. The third-order valence-electron chi connectivity index (χ3n) is 3.22. The first-order valence-electron chi connectivity index (χ1n) is 5.90. The summed E-state index contributed by atoms with van der Waals surface area (Å²) in [5, 5.41) is 5.66. The van der Waals surface area contributed by atoms with Crippen molar-refractivity contribution in [2.24, 2.45) is 0 Å². The molecular formula is C11H19N3O3. The Kier molecular flexibility index (Phi) is 3.35. The zero-order valence-electron chi connectivity index (χ0n) is 10.3. The molecule has 2 aliphatic rings. The normalized spacial score (nSPS) is 28.7. The van der Waals surface area contributed by atoms with Crippen molar-refractivity contribution in [3.05, 3.63) is 0 Å². The van der Waals surface area contributed by atoms with Gasteiger partial charge in [-0.25, -0.2) is 0 Å². The molecule has 0 aromatic rings. The topological polar surface area (TPSA) is 70.7 Å². The molecule has 6 nitrogen and oxygen atoms in total. The second kappa shape index (κ2) is 4.62. The molecule has 0 saturated carbocycles. The fourth-order valence-electron chi connectivity index (χ4n) is 2.20. The molecule has 2 heterocycles. The summed E-state index contributed by atoms with van der Waals surface area (Å²) in [7, 11) is 0. The van der Waals surface area contributed by atoms with E-state index in [1.165, 1.54) is 0 Å². The Bertz CT molecular complexity index is 320. The van der Waals surface area contributed by atoms with Gasteiger partial charge >= 0.3 is 0 Å². The number of rotatable bonds is 1. The summed E-state index contributed by atoms with van der Waals surface area (Å²) in [6.07, 6.45) is 0. The minimum Gasteiger partial charge on any atom is -0.377 e. The summed E-state index contributed by atoms with van der Waals surface area (Å²) in [6.45, 7) is 6.30. The number of ether oxygens (including phenoxy) is 1. The van der Waals surface area contributed by atoms with Gasteiger partial charge in [0, 0.05) is 13.1 Å². The molecule has 6 heteroatoms. The van der Waals surface area contributed by atoms with Gasteiger partial charge < -0.3 is 15.0 Å². The van der Waals surface area contributed by atoms with Crippen molar-refractivity contribution in [1.29, 1.82) is 0 Å². The first kappa shape index (κ1) is 12.3. The highest BCUT2D eigenvalue weighted by Crippen LogP contribution is 2.20. The molecule has 0 aromatic heterocycles. The lowest BCUT2D eigenvalue weighted by atomic mass is 10.0. The molecule has 2 aliphatic heterocycles. The van der Waals surface area contributed by atoms with Crippen LogP contribution in [0.3, 0.4) is 0 Å². The van der Waals surface area contributed by atoms with Crippen LogP contribution in [0.4, 0.5) is 0 Å². The SMILES string of the molecule is CC1(C)COCCN1C(=O)C1CNC(=O)CN1. The van der Waals surface area contributed by atoms with E-state index in [0.29, 0.717) is 26.3 Å². The van der Waals surface area contributed by atoms with Crippen LogP contribution in [-0.2, 0) is 14.3 Å². The zero-order valence-corrected chi connectivity index (χ0v) is 10.3. The first-order valence-corrected chi connectivity index (χ1v) is 5.90. The van der Waals surface area contributed by atoms with Crippen LogP contribution in [0.15, 0.2) is 0 Å². The second-order valence-corrected chi connectivity index (χ2v) is 5.09. The number of nitrogens with zero attached hydrogens (tertiary/aromatic N) is 1. The summed E-state index contributed by atoms with van der Waals surface area (Å²) in [6, 6.07) is -0.315. The molecule has 1 atom stereocenters. The second-order valence-electron chi connectivity index (χ2n) is 5.09. The van der Waals surface area contributed by atoms with Gasteiger partial charge in [-0.1, -0.05) is 0 Å². The quantitative estimate of drug-likeness (QED) is 0.599. The van der Waals surface area contributed by atoms with Crippen LogP contribution in [0, 0.1) is 0 Å². The molecule has 0 radical (unpaired) electrons. The van der Waals surface area contributed by atoms with Crippen LogP contribution < -0.4 is 10.6 Å². The minimum absolute atomic E-state index is 0.0401. The van der Waals surface area contributed by atoms with Gasteiger partial charge in [-0.2, -0.15) is 0 Å². The molecular weight excluding hydrogens is 222 g/mol. The van der Waals surface area contributed by atoms with Crippen LogP contribution >= 0.6 is 0 Å². The number of carbonyl (C=O) groups is 2. The van der Waals surface area contributed by atoms with E-state index in [4.69, 9.17) is 4.74 Å². The van der Waals surface area contributed by atoms with E-state index in [1.54, 1.807) is 0 Å². The van der Waals surface area contributed by atoms with E-state index < -0.39 is 0 Å². The van der Waals surface area contributed by atoms with Gasteiger partial charge in [0.25, 0.3) is 0 Å². The highest BCUT2D eigenvalue weighted by atomic mass is 16.5. The molecule has 17 heavy (non-hydrogen) atoms. The number of morpholine rings is 1.